The summed E-state index contributed by atoms with van der Waals surface area (Å²) in [4.78, 5) is 13.6. The fourth-order valence-electron chi connectivity index (χ4n) is 2.06. The summed E-state index contributed by atoms with van der Waals surface area (Å²) in [6, 6.07) is 4.49. The van der Waals surface area contributed by atoms with Crippen molar-refractivity contribution in [3.05, 3.63) is 28.5 Å². The fourth-order valence-corrected chi connectivity index (χ4v) is 2.39. The van der Waals surface area contributed by atoms with Crippen molar-refractivity contribution in [1.82, 2.24) is 4.90 Å². The molecule has 0 bridgehead atoms. The molecule has 0 spiro atoms. The highest BCUT2D eigenvalue weighted by Gasteiger charge is 2.21. The van der Waals surface area contributed by atoms with Crippen LogP contribution in [0.3, 0.4) is 0 Å². The van der Waals surface area contributed by atoms with Crippen LogP contribution in [0.5, 0.6) is 5.75 Å². The Morgan fingerprint density at radius 2 is 2.37 bits per heavy atom. The largest absolute Gasteiger partial charge is 0.481 e. The van der Waals surface area contributed by atoms with E-state index >= 15 is 0 Å². The van der Waals surface area contributed by atoms with E-state index in [1.807, 2.05) is 0 Å². The first-order valence-electron chi connectivity index (χ1n) is 6.17. The van der Waals surface area contributed by atoms with Crippen molar-refractivity contribution in [2.24, 2.45) is 5.73 Å². The SMILES string of the molecule is N[C@@H]1CCCN(C(=O)COc2ccc(Br)cc2F)C1. The van der Waals surface area contributed by atoms with Gasteiger partial charge in [0.15, 0.2) is 18.2 Å². The second kappa shape index (κ2) is 6.34. The Morgan fingerprint density at radius 1 is 1.58 bits per heavy atom. The summed E-state index contributed by atoms with van der Waals surface area (Å²) in [5.74, 6) is -0.562. The first kappa shape index (κ1) is 14.3. The van der Waals surface area contributed by atoms with Crippen molar-refractivity contribution in [3.63, 3.8) is 0 Å². The molecule has 0 aliphatic carbocycles. The average molecular weight is 331 g/mol. The molecule has 1 fully saturated rings. The number of halogens is 2. The van der Waals surface area contributed by atoms with Crippen LogP contribution in [0.2, 0.25) is 0 Å². The summed E-state index contributed by atoms with van der Waals surface area (Å²) >= 11 is 3.16. The van der Waals surface area contributed by atoms with Gasteiger partial charge in [-0.1, -0.05) is 15.9 Å². The number of hydrogen-bond donors (Lipinski definition) is 1. The molecule has 0 aromatic heterocycles. The zero-order chi connectivity index (χ0) is 13.8. The Bertz CT molecular complexity index is 470. The first-order chi connectivity index (χ1) is 9.06. The molecule has 6 heteroatoms. The maximum Gasteiger partial charge on any atom is 0.260 e. The Balaban J connectivity index is 1.89. The second-order valence-electron chi connectivity index (χ2n) is 4.61. The van der Waals surface area contributed by atoms with E-state index in [4.69, 9.17) is 10.5 Å². The summed E-state index contributed by atoms with van der Waals surface area (Å²) in [5, 5.41) is 0. The van der Waals surface area contributed by atoms with Gasteiger partial charge in [-0.15, -0.1) is 0 Å². The van der Waals surface area contributed by atoms with Crippen molar-refractivity contribution >= 4 is 21.8 Å². The number of piperidine rings is 1. The summed E-state index contributed by atoms with van der Waals surface area (Å²) in [5.41, 5.74) is 5.81. The molecule has 1 heterocycles. The number of carbonyl (C=O) groups is 1. The Kier molecular flexibility index (Phi) is 4.76. The van der Waals surface area contributed by atoms with E-state index < -0.39 is 5.82 Å². The second-order valence-corrected chi connectivity index (χ2v) is 5.52. The number of carbonyl (C=O) groups excluding carboxylic acids is 1. The quantitative estimate of drug-likeness (QED) is 0.921. The van der Waals surface area contributed by atoms with Gasteiger partial charge in [0.05, 0.1) is 0 Å². The number of nitrogens with zero attached hydrogens (tertiary/aromatic N) is 1. The van der Waals surface area contributed by atoms with Crippen molar-refractivity contribution in [1.29, 1.82) is 0 Å². The van der Waals surface area contributed by atoms with Gasteiger partial charge in [0.25, 0.3) is 5.91 Å². The number of amides is 1. The van der Waals surface area contributed by atoms with Crippen LogP contribution in [0.1, 0.15) is 12.8 Å². The van der Waals surface area contributed by atoms with Crippen LogP contribution in [0.15, 0.2) is 22.7 Å². The van der Waals surface area contributed by atoms with Crippen molar-refractivity contribution < 1.29 is 13.9 Å². The molecule has 1 atom stereocenters. The van der Waals surface area contributed by atoms with E-state index in [2.05, 4.69) is 15.9 Å². The summed E-state index contributed by atoms with van der Waals surface area (Å²) in [7, 11) is 0. The molecule has 1 saturated heterocycles. The molecule has 4 nitrogen and oxygen atoms in total. The van der Waals surface area contributed by atoms with Crippen LogP contribution in [-0.4, -0.2) is 36.5 Å². The predicted octanol–water partition coefficient (Wildman–Crippen LogP) is 1.92. The Morgan fingerprint density at radius 3 is 3.05 bits per heavy atom. The molecular weight excluding hydrogens is 315 g/mol. The Labute approximate surface area is 119 Å². The minimum absolute atomic E-state index is 0.0297. The molecule has 2 rings (SSSR count). The van der Waals surface area contributed by atoms with Crippen LogP contribution >= 0.6 is 15.9 Å². The summed E-state index contributed by atoms with van der Waals surface area (Å²) in [6.45, 7) is 1.08. The van der Waals surface area contributed by atoms with Gasteiger partial charge in [-0.05, 0) is 31.0 Å². The molecule has 0 radical (unpaired) electrons. The number of rotatable bonds is 3. The molecular formula is C13H16BrFN2O2. The number of likely N-dealkylation sites (tertiary alicyclic amines) is 1. The standard InChI is InChI=1S/C13H16BrFN2O2/c14-9-3-4-12(11(15)6-9)19-8-13(18)17-5-1-2-10(16)7-17/h3-4,6,10H,1-2,5,7-8,16H2/t10-/m1/s1. The Hall–Kier alpha value is -1.14. The van der Waals surface area contributed by atoms with Gasteiger partial charge in [-0.2, -0.15) is 0 Å². The van der Waals surface area contributed by atoms with Gasteiger partial charge < -0.3 is 15.4 Å². The van der Waals surface area contributed by atoms with Crippen molar-refractivity contribution in [2.75, 3.05) is 19.7 Å². The van der Waals surface area contributed by atoms with E-state index in [-0.39, 0.29) is 24.3 Å². The van der Waals surface area contributed by atoms with Gasteiger partial charge in [0.2, 0.25) is 0 Å². The van der Waals surface area contributed by atoms with E-state index in [1.54, 1.807) is 11.0 Å². The van der Waals surface area contributed by atoms with Gasteiger partial charge in [-0.25, -0.2) is 4.39 Å². The molecule has 1 aliphatic heterocycles. The highest BCUT2D eigenvalue weighted by atomic mass is 79.9. The third-order valence-corrected chi connectivity index (χ3v) is 3.55. The fraction of sp³-hybridized carbons (Fsp3) is 0.462. The van der Waals surface area contributed by atoms with E-state index in [1.165, 1.54) is 12.1 Å². The van der Waals surface area contributed by atoms with Gasteiger partial charge in [0.1, 0.15) is 0 Å². The van der Waals surface area contributed by atoms with E-state index in [0.29, 0.717) is 17.6 Å². The van der Waals surface area contributed by atoms with Crippen LogP contribution in [0.4, 0.5) is 4.39 Å². The molecule has 0 unspecified atom stereocenters. The monoisotopic (exact) mass is 330 g/mol. The maximum atomic E-state index is 13.5. The lowest BCUT2D eigenvalue weighted by Gasteiger charge is -2.30. The number of benzene rings is 1. The lowest BCUT2D eigenvalue weighted by Crippen LogP contribution is -2.47. The van der Waals surface area contributed by atoms with Crippen LogP contribution in [0.25, 0.3) is 0 Å². The predicted molar refractivity (Wildman–Crippen MR) is 73.4 cm³/mol. The average Bonchev–Trinajstić information content (AvgIpc) is 2.37. The lowest BCUT2D eigenvalue weighted by molar-refractivity contribution is -0.134. The summed E-state index contributed by atoms with van der Waals surface area (Å²) in [6.07, 6.45) is 1.84. The number of hydrogen-bond acceptors (Lipinski definition) is 3. The zero-order valence-corrected chi connectivity index (χ0v) is 12.0. The van der Waals surface area contributed by atoms with Crippen molar-refractivity contribution in [3.8, 4) is 5.75 Å². The third-order valence-electron chi connectivity index (χ3n) is 3.06. The zero-order valence-electron chi connectivity index (χ0n) is 10.4. The number of ether oxygens (including phenoxy) is 1. The minimum Gasteiger partial charge on any atom is -0.481 e. The van der Waals surface area contributed by atoms with Gasteiger partial charge >= 0.3 is 0 Å². The minimum atomic E-state index is -0.488. The highest BCUT2D eigenvalue weighted by molar-refractivity contribution is 9.10. The van der Waals surface area contributed by atoms with E-state index in [9.17, 15) is 9.18 Å². The third kappa shape index (κ3) is 3.91. The normalized spacial score (nSPS) is 19.3. The molecule has 0 saturated carbocycles. The molecule has 1 aliphatic rings. The molecule has 19 heavy (non-hydrogen) atoms. The van der Waals surface area contributed by atoms with Crippen molar-refractivity contribution in [2.45, 2.75) is 18.9 Å². The molecule has 104 valence electrons. The highest BCUT2D eigenvalue weighted by Crippen LogP contribution is 2.21. The van der Waals surface area contributed by atoms with Crippen LogP contribution in [0, 0.1) is 5.82 Å². The van der Waals surface area contributed by atoms with Gasteiger partial charge in [-0.3, -0.25) is 4.79 Å². The topological polar surface area (TPSA) is 55.6 Å². The lowest BCUT2D eigenvalue weighted by atomic mass is 10.1. The van der Waals surface area contributed by atoms with E-state index in [0.717, 1.165) is 12.8 Å². The summed E-state index contributed by atoms with van der Waals surface area (Å²) < 4.78 is 19.3. The molecule has 1 aromatic rings. The molecule has 2 N–H and O–H groups in total. The first-order valence-corrected chi connectivity index (χ1v) is 6.97. The van der Waals surface area contributed by atoms with Crippen LogP contribution < -0.4 is 10.5 Å². The molecule has 1 aromatic carbocycles. The van der Waals surface area contributed by atoms with Crippen LogP contribution in [-0.2, 0) is 4.79 Å². The van der Waals surface area contributed by atoms with Gasteiger partial charge in [0, 0.05) is 23.6 Å². The smallest absolute Gasteiger partial charge is 0.260 e. The molecule has 1 amide bonds. The maximum absolute atomic E-state index is 13.5. The number of nitrogens with two attached hydrogens (primary N) is 1.